The summed E-state index contributed by atoms with van der Waals surface area (Å²) in [6, 6.07) is 77.1. The molecule has 10 aromatic carbocycles. The van der Waals surface area contributed by atoms with Crippen LogP contribution in [0, 0.1) is 0 Å². The highest BCUT2D eigenvalue weighted by Gasteiger charge is 2.53. The summed E-state index contributed by atoms with van der Waals surface area (Å²) in [5.74, 6) is 0. The average molecular weight is 942 g/mol. The Bertz CT molecular complexity index is 4090. The molecule has 0 saturated carbocycles. The predicted molar refractivity (Wildman–Crippen MR) is 306 cm³/mol. The largest absolute Gasteiger partial charge is 0.310 e. The second-order valence-electron chi connectivity index (χ2n) is 23.0. The Balaban J connectivity index is 0.897. The fourth-order valence-electron chi connectivity index (χ4n) is 14.1. The number of benzene rings is 10. The lowest BCUT2D eigenvalue weighted by Gasteiger charge is -2.42. The van der Waals surface area contributed by atoms with Gasteiger partial charge in [-0.05, 0) is 172 Å². The van der Waals surface area contributed by atoms with Crippen molar-refractivity contribution in [3.05, 3.63) is 245 Å². The summed E-state index contributed by atoms with van der Waals surface area (Å²) in [5.41, 5.74) is 25.2. The maximum Gasteiger partial charge on any atom is 0.0746 e. The first-order valence-corrected chi connectivity index (χ1v) is 26.8. The lowest BCUT2D eigenvalue weighted by Crippen LogP contribution is -2.34. The molecule has 15 rings (SSSR count). The number of rotatable bonds is 4. The van der Waals surface area contributed by atoms with E-state index in [1.807, 2.05) is 11.3 Å². The molecule has 0 fully saturated rings. The smallest absolute Gasteiger partial charge is 0.0746 e. The van der Waals surface area contributed by atoms with Gasteiger partial charge in [0.1, 0.15) is 0 Å². The van der Waals surface area contributed by atoms with Crippen LogP contribution in [0.5, 0.6) is 0 Å². The third-order valence-corrected chi connectivity index (χ3v) is 19.0. The molecule has 1 aromatic heterocycles. The van der Waals surface area contributed by atoms with E-state index in [4.69, 9.17) is 0 Å². The first kappa shape index (κ1) is 42.2. The highest BCUT2D eigenvalue weighted by molar-refractivity contribution is 7.25. The number of hydrogen-bond acceptors (Lipinski definition) is 2. The van der Waals surface area contributed by atoms with Crippen LogP contribution in [0.2, 0.25) is 0 Å². The minimum Gasteiger partial charge on any atom is -0.310 e. The van der Waals surface area contributed by atoms with E-state index < -0.39 is 5.41 Å². The zero-order valence-electron chi connectivity index (χ0n) is 41.8. The normalized spacial score (nSPS) is 16.5. The molecule has 0 amide bonds. The van der Waals surface area contributed by atoms with Crippen molar-refractivity contribution >= 4 is 59.3 Å². The molecule has 0 aliphatic heterocycles. The van der Waals surface area contributed by atoms with Gasteiger partial charge in [0.25, 0.3) is 0 Å². The van der Waals surface area contributed by atoms with Gasteiger partial charge in [-0.1, -0.05) is 187 Å². The van der Waals surface area contributed by atoms with E-state index in [9.17, 15) is 0 Å². The molecule has 1 spiro atoms. The van der Waals surface area contributed by atoms with Gasteiger partial charge < -0.3 is 4.90 Å². The van der Waals surface area contributed by atoms with Crippen molar-refractivity contribution in [3.63, 3.8) is 0 Å². The predicted octanol–water partition coefficient (Wildman–Crippen LogP) is 19.3. The number of anilines is 3. The zero-order valence-corrected chi connectivity index (χ0v) is 42.6. The van der Waals surface area contributed by atoms with Crippen LogP contribution < -0.4 is 4.90 Å². The van der Waals surface area contributed by atoms with Crippen LogP contribution in [0.4, 0.5) is 17.1 Å². The van der Waals surface area contributed by atoms with E-state index in [1.165, 1.54) is 133 Å². The van der Waals surface area contributed by atoms with Crippen molar-refractivity contribution in [1.29, 1.82) is 0 Å². The SMILES string of the molecule is CC1(C)CCC(C)(C)c2cc3c(cc21)-c1ccc(-c2ccc4cc(N(c5ccc6c(c5)sc5ccccc56)c5cccc6c5C5(c7ccccc7-c7ccccc75)c5ccccc5-6)ccc4c2)cc1C3(C)C. The molecule has 2 heteroatoms. The quantitative estimate of drug-likeness (QED) is 0.170. The average Bonchev–Trinajstić information content (AvgIpc) is 4.09. The fourth-order valence-corrected chi connectivity index (χ4v) is 15.3. The molecule has 4 aliphatic rings. The third kappa shape index (κ3) is 5.59. The maximum absolute atomic E-state index is 2.59. The van der Waals surface area contributed by atoms with Gasteiger partial charge in [-0.2, -0.15) is 0 Å². The molecule has 72 heavy (non-hydrogen) atoms. The molecule has 0 radical (unpaired) electrons. The summed E-state index contributed by atoms with van der Waals surface area (Å²) in [5, 5.41) is 5.07. The molecule has 1 heterocycles. The van der Waals surface area contributed by atoms with Gasteiger partial charge in [-0.15, -0.1) is 11.3 Å². The van der Waals surface area contributed by atoms with Gasteiger partial charge in [0.15, 0.2) is 0 Å². The van der Waals surface area contributed by atoms with E-state index in [0.29, 0.717) is 0 Å². The number of thiophene rings is 1. The second-order valence-corrected chi connectivity index (χ2v) is 24.1. The van der Waals surface area contributed by atoms with E-state index >= 15 is 0 Å². The van der Waals surface area contributed by atoms with Crippen LogP contribution in [0.1, 0.15) is 98.9 Å². The molecular weight excluding hydrogens is 887 g/mol. The topological polar surface area (TPSA) is 3.24 Å². The van der Waals surface area contributed by atoms with E-state index in [-0.39, 0.29) is 16.2 Å². The van der Waals surface area contributed by atoms with Gasteiger partial charge in [-0.3, -0.25) is 0 Å². The van der Waals surface area contributed by atoms with Crippen LogP contribution in [0.25, 0.3) is 75.5 Å². The van der Waals surface area contributed by atoms with Gasteiger partial charge in [0.05, 0.1) is 11.1 Å². The van der Waals surface area contributed by atoms with Crippen molar-refractivity contribution in [3.8, 4) is 44.5 Å². The Morgan fingerprint density at radius 2 is 0.889 bits per heavy atom. The lowest BCUT2D eigenvalue weighted by atomic mass is 9.62. The second kappa shape index (κ2) is 14.6. The standard InChI is InChI=1S/C70H55NS/c1-67(2)34-35-68(3,4)62-41-60-55(40-61(62)67)51-32-29-45(38-59(51)69(60,5)6)42-26-27-44-37-46(30-28-43(44)36-42)71(47-31-33-53-52-19-10-14-25-64(52)72-65(53)39-47)63-24-15-20-54-50-18-9-13-23-58(50)70(66(54)63)56-21-11-7-16-48(56)49-17-8-12-22-57(49)70/h7-33,36-41H,34-35H2,1-6H3. The molecule has 11 aromatic rings. The zero-order chi connectivity index (χ0) is 48.5. The van der Waals surface area contributed by atoms with Crippen LogP contribution in [-0.2, 0) is 21.7 Å². The van der Waals surface area contributed by atoms with Crippen LogP contribution in [-0.4, -0.2) is 0 Å². The van der Waals surface area contributed by atoms with Crippen molar-refractivity contribution in [2.24, 2.45) is 0 Å². The van der Waals surface area contributed by atoms with Gasteiger partial charge in [0, 0.05) is 42.5 Å². The first-order valence-electron chi connectivity index (χ1n) is 25.9. The van der Waals surface area contributed by atoms with E-state index in [2.05, 4.69) is 247 Å². The van der Waals surface area contributed by atoms with Crippen molar-refractivity contribution in [1.82, 2.24) is 0 Å². The molecule has 0 atom stereocenters. The van der Waals surface area contributed by atoms with Crippen LogP contribution in [0.15, 0.2) is 200 Å². The van der Waals surface area contributed by atoms with Crippen molar-refractivity contribution in [2.45, 2.75) is 76.0 Å². The Morgan fingerprint density at radius 3 is 1.62 bits per heavy atom. The maximum atomic E-state index is 2.59. The minimum absolute atomic E-state index is 0.0956. The van der Waals surface area contributed by atoms with Crippen molar-refractivity contribution in [2.75, 3.05) is 4.90 Å². The molecule has 4 aliphatic carbocycles. The minimum atomic E-state index is -0.500. The van der Waals surface area contributed by atoms with E-state index in [0.717, 1.165) is 11.4 Å². The summed E-state index contributed by atoms with van der Waals surface area (Å²) >= 11 is 1.88. The first-order chi connectivity index (χ1) is 34.9. The molecule has 0 N–H and O–H groups in total. The van der Waals surface area contributed by atoms with E-state index in [1.54, 1.807) is 5.56 Å². The fraction of sp³-hybridized carbons (Fsp3) is 0.171. The number of hydrogen-bond donors (Lipinski definition) is 0. The van der Waals surface area contributed by atoms with Gasteiger partial charge in [0.2, 0.25) is 0 Å². The molecule has 1 nitrogen and oxygen atoms in total. The highest BCUT2D eigenvalue weighted by Crippen LogP contribution is 2.65. The molecule has 0 unspecified atom stereocenters. The number of fused-ring (bicyclic) bond motifs is 18. The molecule has 0 saturated heterocycles. The molecular formula is C70H55NS. The Morgan fingerprint density at radius 1 is 0.361 bits per heavy atom. The Kier molecular flexibility index (Phi) is 8.53. The summed E-state index contributed by atoms with van der Waals surface area (Å²) in [6.45, 7) is 14.7. The highest BCUT2D eigenvalue weighted by atomic mass is 32.1. The lowest BCUT2D eigenvalue weighted by molar-refractivity contribution is 0.331. The number of nitrogens with zero attached hydrogens (tertiary/aromatic N) is 1. The molecule has 0 bridgehead atoms. The Hall–Kier alpha value is -7.52. The summed E-state index contributed by atoms with van der Waals surface area (Å²) in [7, 11) is 0. The summed E-state index contributed by atoms with van der Waals surface area (Å²) in [4.78, 5) is 2.56. The van der Waals surface area contributed by atoms with Gasteiger partial charge in [-0.25, -0.2) is 0 Å². The third-order valence-electron chi connectivity index (χ3n) is 17.9. The van der Waals surface area contributed by atoms with Crippen LogP contribution in [0.3, 0.4) is 0 Å². The summed E-state index contributed by atoms with van der Waals surface area (Å²) in [6.07, 6.45) is 2.44. The molecule has 346 valence electrons. The van der Waals surface area contributed by atoms with Gasteiger partial charge >= 0.3 is 0 Å². The van der Waals surface area contributed by atoms with Crippen LogP contribution >= 0.6 is 11.3 Å². The Labute approximate surface area is 427 Å². The monoisotopic (exact) mass is 941 g/mol. The summed E-state index contributed by atoms with van der Waals surface area (Å²) < 4.78 is 2.61. The van der Waals surface area contributed by atoms with Crippen molar-refractivity contribution < 1.29 is 0 Å².